The van der Waals surface area contributed by atoms with Crippen LogP contribution in [0.2, 0.25) is 0 Å². The van der Waals surface area contributed by atoms with Gasteiger partial charge in [0, 0.05) is 13.2 Å². The molecule has 0 heterocycles. The first-order valence-corrected chi connectivity index (χ1v) is 5.16. The maximum absolute atomic E-state index is 11.6. The molecule has 0 aliphatic heterocycles. The van der Waals surface area contributed by atoms with Gasteiger partial charge in [0.2, 0.25) is 0 Å². The topological polar surface area (TPSA) is 41.5 Å². The summed E-state index contributed by atoms with van der Waals surface area (Å²) in [6, 6.07) is 0. The lowest BCUT2D eigenvalue weighted by atomic mass is 9.97. The molecule has 0 rings (SSSR count). The van der Waals surface area contributed by atoms with E-state index in [2.05, 4.69) is 10.3 Å². The summed E-state index contributed by atoms with van der Waals surface area (Å²) >= 11 is 0. The van der Waals surface area contributed by atoms with E-state index in [0.717, 1.165) is 5.57 Å². The Morgan fingerprint density at radius 2 is 1.93 bits per heavy atom. The van der Waals surface area contributed by atoms with E-state index in [0.29, 0.717) is 5.71 Å². The Hall–Kier alpha value is -1.38. The van der Waals surface area contributed by atoms with Gasteiger partial charge in [-0.25, -0.2) is 0 Å². The zero-order chi connectivity index (χ0) is 11.8. The van der Waals surface area contributed by atoms with Gasteiger partial charge in [0.15, 0.2) is 0 Å². The highest BCUT2D eigenvalue weighted by atomic mass is 16.1. The first kappa shape index (κ1) is 13.6. The molecule has 1 amide bonds. The zero-order valence-corrected chi connectivity index (χ0v) is 10.2. The van der Waals surface area contributed by atoms with Crippen LogP contribution in [0.15, 0.2) is 28.9 Å². The molecule has 15 heavy (non-hydrogen) atoms. The van der Waals surface area contributed by atoms with E-state index in [-0.39, 0.29) is 11.8 Å². The summed E-state index contributed by atoms with van der Waals surface area (Å²) in [7, 11) is 1.61. The Kier molecular flexibility index (Phi) is 6.34. The van der Waals surface area contributed by atoms with Crippen molar-refractivity contribution in [3.05, 3.63) is 23.9 Å². The quantitative estimate of drug-likeness (QED) is 0.708. The van der Waals surface area contributed by atoms with Crippen molar-refractivity contribution in [2.45, 2.75) is 27.7 Å². The van der Waals surface area contributed by atoms with E-state index < -0.39 is 0 Å². The minimum absolute atomic E-state index is 0.144. The number of amides is 1. The molecule has 0 aromatic carbocycles. The van der Waals surface area contributed by atoms with E-state index in [1.165, 1.54) is 0 Å². The molecular formula is C12H20N2O. The molecule has 0 fully saturated rings. The van der Waals surface area contributed by atoms with Gasteiger partial charge in [-0.05, 0) is 25.3 Å². The van der Waals surface area contributed by atoms with Crippen LogP contribution in [0, 0.1) is 5.92 Å². The molecule has 1 N–H and O–H groups in total. The smallest absolute Gasteiger partial charge is 0.269 e. The molecule has 0 saturated carbocycles. The van der Waals surface area contributed by atoms with Crippen LogP contribution < -0.4 is 5.32 Å². The third-order valence-electron chi connectivity index (χ3n) is 2.00. The highest BCUT2D eigenvalue weighted by molar-refractivity contribution is 6.45. The predicted octanol–water partition coefficient (Wildman–Crippen LogP) is 2.31. The number of rotatable bonds is 4. The summed E-state index contributed by atoms with van der Waals surface area (Å²) in [5, 5.41) is 2.60. The molecule has 0 bridgehead atoms. The first-order valence-electron chi connectivity index (χ1n) is 5.16. The summed E-state index contributed by atoms with van der Waals surface area (Å²) in [6.45, 7) is 7.88. The van der Waals surface area contributed by atoms with E-state index in [1.807, 2.05) is 33.8 Å². The molecule has 0 atom stereocenters. The molecule has 0 aromatic heterocycles. The summed E-state index contributed by atoms with van der Waals surface area (Å²) in [5.74, 6) is 0.145. The highest BCUT2D eigenvalue weighted by Crippen LogP contribution is 2.12. The number of aliphatic imine (C=N–C) groups is 1. The van der Waals surface area contributed by atoms with Gasteiger partial charge in [0.05, 0.1) is 0 Å². The van der Waals surface area contributed by atoms with Crippen molar-refractivity contribution in [1.82, 2.24) is 5.32 Å². The van der Waals surface area contributed by atoms with E-state index in [1.54, 1.807) is 19.3 Å². The number of hydrogen-bond acceptors (Lipinski definition) is 2. The fourth-order valence-electron chi connectivity index (χ4n) is 1.28. The second-order valence-electron chi connectivity index (χ2n) is 3.44. The van der Waals surface area contributed by atoms with Gasteiger partial charge in [-0.15, -0.1) is 0 Å². The van der Waals surface area contributed by atoms with Gasteiger partial charge in [-0.3, -0.25) is 9.79 Å². The summed E-state index contributed by atoms with van der Waals surface area (Å²) in [6.07, 6.45) is 5.37. The zero-order valence-electron chi connectivity index (χ0n) is 10.2. The number of carbonyl (C=O) groups excluding carboxylic acids is 1. The van der Waals surface area contributed by atoms with Crippen LogP contribution in [0.5, 0.6) is 0 Å². The second kappa shape index (κ2) is 6.98. The lowest BCUT2D eigenvalue weighted by molar-refractivity contribution is -0.114. The molecule has 0 aromatic rings. The predicted molar refractivity (Wildman–Crippen MR) is 64.9 cm³/mol. The van der Waals surface area contributed by atoms with Crippen LogP contribution in [0.25, 0.3) is 0 Å². The minimum Gasteiger partial charge on any atom is -0.354 e. The van der Waals surface area contributed by atoms with Crippen LogP contribution in [0.4, 0.5) is 0 Å². The van der Waals surface area contributed by atoms with Crippen molar-refractivity contribution < 1.29 is 4.79 Å². The van der Waals surface area contributed by atoms with Crippen molar-refractivity contribution in [2.75, 3.05) is 7.05 Å². The molecule has 3 nitrogen and oxygen atoms in total. The average molecular weight is 208 g/mol. The Balaban J connectivity index is 5.19. The fraction of sp³-hybridized carbons (Fsp3) is 0.500. The van der Waals surface area contributed by atoms with Crippen LogP contribution in [-0.2, 0) is 4.79 Å². The Morgan fingerprint density at radius 3 is 2.27 bits per heavy atom. The van der Waals surface area contributed by atoms with Gasteiger partial charge < -0.3 is 5.32 Å². The van der Waals surface area contributed by atoms with Crippen LogP contribution >= 0.6 is 0 Å². The maximum atomic E-state index is 11.6. The maximum Gasteiger partial charge on any atom is 0.269 e. The van der Waals surface area contributed by atoms with Gasteiger partial charge in [0.25, 0.3) is 5.91 Å². The third kappa shape index (κ3) is 4.11. The van der Waals surface area contributed by atoms with E-state index in [9.17, 15) is 4.79 Å². The summed E-state index contributed by atoms with van der Waals surface area (Å²) < 4.78 is 0. The van der Waals surface area contributed by atoms with Gasteiger partial charge >= 0.3 is 0 Å². The molecule has 0 spiro atoms. The molecule has 0 saturated heterocycles. The monoisotopic (exact) mass is 208 g/mol. The van der Waals surface area contributed by atoms with E-state index in [4.69, 9.17) is 0 Å². The number of nitrogens with zero attached hydrogens (tertiary/aromatic N) is 1. The SMILES string of the molecule is C\C=C/N=C(C(=O)NC)\C(=C/C)C(C)C. The van der Waals surface area contributed by atoms with Gasteiger partial charge in [-0.2, -0.15) is 0 Å². The van der Waals surface area contributed by atoms with Crippen molar-refractivity contribution >= 4 is 11.6 Å². The number of hydrogen-bond donors (Lipinski definition) is 1. The minimum atomic E-state index is -0.144. The molecular weight excluding hydrogens is 188 g/mol. The Bertz CT molecular complexity index is 299. The molecule has 3 heteroatoms. The molecule has 0 aliphatic carbocycles. The normalized spacial score (nSPS) is 13.7. The standard InChI is InChI=1S/C12H20N2O/c1-6-8-14-11(12(15)13-5)10(7-2)9(3)4/h6-9H,1-5H3,(H,13,15)/b8-6-,10-7-,14-11+. The summed E-state index contributed by atoms with van der Waals surface area (Å²) in [5.41, 5.74) is 1.46. The highest BCUT2D eigenvalue weighted by Gasteiger charge is 2.16. The first-order chi connectivity index (χ1) is 7.08. The molecule has 84 valence electrons. The van der Waals surface area contributed by atoms with Crippen molar-refractivity contribution in [1.29, 1.82) is 0 Å². The molecule has 0 radical (unpaired) electrons. The number of nitrogens with one attached hydrogen (secondary N) is 1. The third-order valence-corrected chi connectivity index (χ3v) is 2.00. The Morgan fingerprint density at radius 1 is 1.33 bits per heavy atom. The van der Waals surface area contributed by atoms with Gasteiger partial charge in [0.1, 0.15) is 5.71 Å². The summed E-state index contributed by atoms with van der Waals surface area (Å²) in [4.78, 5) is 15.8. The van der Waals surface area contributed by atoms with Crippen molar-refractivity contribution in [2.24, 2.45) is 10.9 Å². The van der Waals surface area contributed by atoms with Gasteiger partial charge in [-0.1, -0.05) is 26.0 Å². The van der Waals surface area contributed by atoms with Crippen molar-refractivity contribution in [3.8, 4) is 0 Å². The second-order valence-corrected chi connectivity index (χ2v) is 3.44. The molecule has 0 unspecified atom stereocenters. The largest absolute Gasteiger partial charge is 0.354 e. The van der Waals surface area contributed by atoms with Crippen LogP contribution in [0.3, 0.4) is 0 Å². The average Bonchev–Trinajstić information content (AvgIpc) is 2.22. The van der Waals surface area contributed by atoms with Crippen LogP contribution in [-0.4, -0.2) is 18.7 Å². The number of carbonyl (C=O) groups is 1. The van der Waals surface area contributed by atoms with Crippen molar-refractivity contribution in [3.63, 3.8) is 0 Å². The van der Waals surface area contributed by atoms with Crippen LogP contribution in [0.1, 0.15) is 27.7 Å². The number of allylic oxidation sites excluding steroid dienone is 2. The fourth-order valence-corrected chi connectivity index (χ4v) is 1.28. The van der Waals surface area contributed by atoms with E-state index >= 15 is 0 Å². The lowest BCUT2D eigenvalue weighted by Crippen LogP contribution is -2.30. The Labute approximate surface area is 92.0 Å². The lowest BCUT2D eigenvalue weighted by Gasteiger charge is -2.12. The molecule has 0 aliphatic rings.